The maximum atomic E-state index is 12.9. The minimum Gasteiger partial charge on any atom is -0.392 e. The third-order valence-corrected chi connectivity index (χ3v) is 2.29. The summed E-state index contributed by atoms with van der Waals surface area (Å²) < 4.78 is 23.0. The number of aliphatic hydroxyl groups is 1. The molecule has 0 saturated carbocycles. The molecule has 96 valence electrons. The van der Waals surface area contributed by atoms with Crippen molar-refractivity contribution < 1.29 is 19.0 Å². The van der Waals surface area contributed by atoms with Gasteiger partial charge in [-0.25, -0.2) is 9.37 Å². The Kier molecular flexibility index (Phi) is 5.82. The van der Waals surface area contributed by atoms with Crippen LogP contribution in [0.15, 0.2) is 12.3 Å². The van der Waals surface area contributed by atoms with Crippen molar-refractivity contribution in [3.63, 3.8) is 0 Å². The van der Waals surface area contributed by atoms with Gasteiger partial charge in [-0.1, -0.05) is 0 Å². The molecule has 1 aromatic heterocycles. The summed E-state index contributed by atoms with van der Waals surface area (Å²) in [5.41, 5.74) is 0.414. The van der Waals surface area contributed by atoms with Crippen LogP contribution in [0.2, 0.25) is 0 Å². The number of ether oxygens (including phenoxy) is 2. The maximum absolute atomic E-state index is 12.9. The second-order valence-corrected chi connectivity index (χ2v) is 3.51. The van der Waals surface area contributed by atoms with E-state index in [0.717, 1.165) is 6.20 Å². The molecular weight excluding hydrogens is 227 g/mol. The summed E-state index contributed by atoms with van der Waals surface area (Å²) in [5, 5.41) is 12.1. The zero-order valence-corrected chi connectivity index (χ0v) is 9.94. The van der Waals surface area contributed by atoms with Crippen molar-refractivity contribution in [2.24, 2.45) is 0 Å². The first kappa shape index (κ1) is 13.8. The molecule has 0 aliphatic carbocycles. The summed E-state index contributed by atoms with van der Waals surface area (Å²) in [5.74, 6) is -0.0214. The molecule has 1 rings (SSSR count). The fourth-order valence-electron chi connectivity index (χ4n) is 1.37. The maximum Gasteiger partial charge on any atom is 0.142 e. The van der Waals surface area contributed by atoms with Crippen molar-refractivity contribution in [3.05, 3.63) is 23.6 Å². The van der Waals surface area contributed by atoms with E-state index in [1.165, 1.54) is 6.07 Å². The molecule has 0 amide bonds. The number of aromatic nitrogens is 1. The fourth-order valence-corrected chi connectivity index (χ4v) is 1.37. The molecule has 1 atom stereocenters. The average molecular weight is 244 g/mol. The number of nitrogens with zero attached hydrogens (tertiary/aromatic N) is 1. The minimum absolute atomic E-state index is 0.126. The van der Waals surface area contributed by atoms with E-state index < -0.39 is 5.82 Å². The van der Waals surface area contributed by atoms with E-state index >= 15 is 0 Å². The van der Waals surface area contributed by atoms with Crippen molar-refractivity contribution in [3.8, 4) is 0 Å². The van der Waals surface area contributed by atoms with Gasteiger partial charge in [0.05, 0.1) is 25.5 Å². The molecule has 1 aromatic rings. The Balaban J connectivity index is 2.61. The number of hydrogen-bond donors (Lipinski definition) is 2. The topological polar surface area (TPSA) is 63.6 Å². The third-order valence-electron chi connectivity index (χ3n) is 2.29. The lowest BCUT2D eigenvalue weighted by Crippen LogP contribution is -2.27. The van der Waals surface area contributed by atoms with Crippen LogP contribution in [0.5, 0.6) is 0 Å². The summed E-state index contributed by atoms with van der Waals surface area (Å²) in [7, 11) is 3.16. The van der Waals surface area contributed by atoms with Crippen LogP contribution in [0.3, 0.4) is 0 Å². The lowest BCUT2D eigenvalue weighted by molar-refractivity contribution is 0.0365. The Morgan fingerprint density at radius 3 is 2.88 bits per heavy atom. The first-order valence-corrected chi connectivity index (χ1v) is 5.22. The van der Waals surface area contributed by atoms with E-state index in [9.17, 15) is 4.39 Å². The highest BCUT2D eigenvalue weighted by atomic mass is 19.1. The van der Waals surface area contributed by atoms with Crippen LogP contribution in [0.1, 0.15) is 5.56 Å². The molecule has 6 heteroatoms. The smallest absolute Gasteiger partial charge is 0.142 e. The summed E-state index contributed by atoms with van der Waals surface area (Å²) >= 11 is 0. The number of anilines is 1. The number of methoxy groups -OCH3 is 2. The number of aliphatic hydroxyl groups excluding tert-OH is 1. The molecule has 0 aromatic carbocycles. The fraction of sp³-hybridized carbons (Fsp3) is 0.545. The van der Waals surface area contributed by atoms with Crippen LogP contribution in [-0.2, 0) is 16.1 Å². The first-order chi connectivity index (χ1) is 8.21. The van der Waals surface area contributed by atoms with Gasteiger partial charge in [0.1, 0.15) is 11.6 Å². The van der Waals surface area contributed by atoms with Gasteiger partial charge in [0.2, 0.25) is 0 Å². The van der Waals surface area contributed by atoms with Gasteiger partial charge in [-0.3, -0.25) is 0 Å². The largest absolute Gasteiger partial charge is 0.392 e. The van der Waals surface area contributed by atoms with Crippen LogP contribution in [0.25, 0.3) is 0 Å². The molecule has 0 aliphatic rings. The van der Waals surface area contributed by atoms with Crippen molar-refractivity contribution in [2.75, 3.05) is 32.7 Å². The van der Waals surface area contributed by atoms with E-state index in [1.807, 2.05) is 0 Å². The van der Waals surface area contributed by atoms with E-state index in [2.05, 4.69) is 10.3 Å². The second kappa shape index (κ2) is 7.16. The van der Waals surface area contributed by atoms with E-state index in [4.69, 9.17) is 14.6 Å². The average Bonchev–Trinajstić information content (AvgIpc) is 2.35. The van der Waals surface area contributed by atoms with Gasteiger partial charge in [0.15, 0.2) is 0 Å². The summed E-state index contributed by atoms with van der Waals surface area (Å²) in [6.07, 6.45) is 0.970. The van der Waals surface area contributed by atoms with Gasteiger partial charge in [0, 0.05) is 26.3 Å². The van der Waals surface area contributed by atoms with Gasteiger partial charge in [0.25, 0.3) is 0 Å². The lowest BCUT2D eigenvalue weighted by atomic mass is 10.2. The molecule has 0 aliphatic heterocycles. The van der Waals surface area contributed by atoms with Crippen molar-refractivity contribution >= 4 is 5.82 Å². The molecule has 0 saturated heterocycles. The molecule has 17 heavy (non-hydrogen) atoms. The number of halogens is 1. The highest BCUT2D eigenvalue weighted by Crippen LogP contribution is 2.13. The Morgan fingerprint density at radius 2 is 2.29 bits per heavy atom. The summed E-state index contributed by atoms with van der Waals surface area (Å²) in [6, 6.07) is 1.24. The zero-order valence-electron chi connectivity index (χ0n) is 9.94. The van der Waals surface area contributed by atoms with Gasteiger partial charge in [-0.05, 0) is 6.07 Å². The molecule has 0 radical (unpaired) electrons. The monoisotopic (exact) mass is 244 g/mol. The van der Waals surface area contributed by atoms with Crippen molar-refractivity contribution in [1.29, 1.82) is 0 Å². The Hall–Kier alpha value is -1.24. The predicted octanol–water partition coefficient (Wildman–Crippen LogP) is 0.786. The second-order valence-electron chi connectivity index (χ2n) is 3.51. The molecule has 5 nitrogen and oxygen atoms in total. The van der Waals surface area contributed by atoms with Gasteiger partial charge >= 0.3 is 0 Å². The number of pyridine rings is 1. The highest BCUT2D eigenvalue weighted by molar-refractivity contribution is 5.43. The Labute approximate surface area is 99.6 Å². The van der Waals surface area contributed by atoms with Crippen molar-refractivity contribution in [1.82, 2.24) is 4.98 Å². The number of nitrogens with one attached hydrogen (secondary N) is 1. The SMILES string of the molecule is COCC(CNc1ncc(F)cc1CO)OC. The van der Waals surface area contributed by atoms with Crippen LogP contribution < -0.4 is 5.32 Å². The van der Waals surface area contributed by atoms with Gasteiger partial charge < -0.3 is 19.9 Å². The quantitative estimate of drug-likeness (QED) is 0.742. The van der Waals surface area contributed by atoms with E-state index in [0.29, 0.717) is 24.5 Å². The molecule has 2 N–H and O–H groups in total. The van der Waals surface area contributed by atoms with Gasteiger partial charge in [-0.2, -0.15) is 0 Å². The standard InChI is InChI=1S/C11H17FN2O3/c1-16-7-10(17-2)5-14-11-8(6-15)3-9(12)4-13-11/h3-4,10,15H,5-7H2,1-2H3,(H,13,14). The Morgan fingerprint density at radius 1 is 1.53 bits per heavy atom. The summed E-state index contributed by atoms with van der Waals surface area (Å²) in [4.78, 5) is 3.87. The normalized spacial score (nSPS) is 12.5. The lowest BCUT2D eigenvalue weighted by Gasteiger charge is -2.16. The van der Waals surface area contributed by atoms with E-state index in [1.54, 1.807) is 14.2 Å². The number of rotatable bonds is 7. The molecule has 0 fully saturated rings. The molecule has 1 unspecified atom stereocenters. The van der Waals surface area contributed by atoms with Crippen LogP contribution in [-0.4, -0.2) is 43.6 Å². The molecule has 0 spiro atoms. The van der Waals surface area contributed by atoms with E-state index in [-0.39, 0.29) is 12.7 Å². The number of hydrogen-bond acceptors (Lipinski definition) is 5. The van der Waals surface area contributed by atoms with Crippen LogP contribution in [0, 0.1) is 5.82 Å². The first-order valence-electron chi connectivity index (χ1n) is 5.22. The third kappa shape index (κ3) is 4.26. The summed E-state index contributed by atoms with van der Waals surface area (Å²) in [6.45, 7) is 0.643. The zero-order chi connectivity index (χ0) is 12.7. The van der Waals surface area contributed by atoms with Crippen molar-refractivity contribution in [2.45, 2.75) is 12.7 Å². The molecule has 0 bridgehead atoms. The highest BCUT2D eigenvalue weighted by Gasteiger charge is 2.09. The molecule has 1 heterocycles. The predicted molar refractivity (Wildman–Crippen MR) is 61.3 cm³/mol. The molecular formula is C11H17FN2O3. The van der Waals surface area contributed by atoms with Gasteiger partial charge in [-0.15, -0.1) is 0 Å². The minimum atomic E-state index is -0.472. The van der Waals surface area contributed by atoms with Crippen LogP contribution >= 0.6 is 0 Å². The Bertz CT molecular complexity index is 349. The van der Waals surface area contributed by atoms with Crippen LogP contribution in [0.4, 0.5) is 10.2 Å².